The van der Waals surface area contributed by atoms with Gasteiger partial charge in [0.05, 0.1) is 5.69 Å². The monoisotopic (exact) mass is 224 g/mol. The summed E-state index contributed by atoms with van der Waals surface area (Å²) in [6.07, 6.45) is 3.25. The Kier molecular flexibility index (Phi) is 4.96. The summed E-state index contributed by atoms with van der Waals surface area (Å²) in [5, 5.41) is 4.36. The number of nitrogens with zero attached hydrogens (tertiary/aromatic N) is 2. The van der Waals surface area contributed by atoms with E-state index in [1.54, 1.807) is 0 Å². The highest BCUT2D eigenvalue weighted by Crippen LogP contribution is 2.17. The standard InChI is InChI=1S/C12H24N4/c1-5-10(6-2)12(14-13)8-11-7-9(3)15-16(11)4/h7,10,12,14H,5-6,8,13H2,1-4H3. The molecular weight excluding hydrogens is 200 g/mol. The minimum absolute atomic E-state index is 0.338. The van der Waals surface area contributed by atoms with Gasteiger partial charge in [-0.2, -0.15) is 5.10 Å². The van der Waals surface area contributed by atoms with Gasteiger partial charge >= 0.3 is 0 Å². The van der Waals surface area contributed by atoms with Crippen molar-refractivity contribution < 1.29 is 0 Å². The van der Waals surface area contributed by atoms with Gasteiger partial charge in [-0.05, 0) is 18.9 Å². The Morgan fingerprint density at radius 1 is 1.44 bits per heavy atom. The van der Waals surface area contributed by atoms with Gasteiger partial charge in [0.2, 0.25) is 0 Å². The number of hydrogen-bond acceptors (Lipinski definition) is 3. The third kappa shape index (κ3) is 3.06. The molecule has 4 heteroatoms. The van der Waals surface area contributed by atoms with Gasteiger partial charge in [-0.1, -0.05) is 26.7 Å². The topological polar surface area (TPSA) is 55.9 Å². The van der Waals surface area contributed by atoms with E-state index in [0.717, 1.165) is 25.0 Å². The minimum atomic E-state index is 0.338. The van der Waals surface area contributed by atoms with E-state index in [0.29, 0.717) is 12.0 Å². The van der Waals surface area contributed by atoms with Crippen LogP contribution in [0.25, 0.3) is 0 Å². The van der Waals surface area contributed by atoms with Crippen LogP contribution in [-0.4, -0.2) is 15.8 Å². The van der Waals surface area contributed by atoms with Crippen molar-refractivity contribution in [1.82, 2.24) is 15.2 Å². The van der Waals surface area contributed by atoms with E-state index in [2.05, 4.69) is 30.4 Å². The lowest BCUT2D eigenvalue weighted by Crippen LogP contribution is -2.42. The van der Waals surface area contributed by atoms with Crippen LogP contribution in [0.2, 0.25) is 0 Å². The van der Waals surface area contributed by atoms with E-state index in [4.69, 9.17) is 5.84 Å². The maximum absolute atomic E-state index is 5.65. The van der Waals surface area contributed by atoms with Crippen molar-refractivity contribution in [3.05, 3.63) is 17.5 Å². The summed E-state index contributed by atoms with van der Waals surface area (Å²) in [5.74, 6) is 6.28. The summed E-state index contributed by atoms with van der Waals surface area (Å²) in [7, 11) is 1.99. The fraction of sp³-hybridized carbons (Fsp3) is 0.750. The van der Waals surface area contributed by atoms with Crippen molar-refractivity contribution in [2.45, 2.75) is 46.1 Å². The molecule has 1 unspecified atom stereocenters. The summed E-state index contributed by atoms with van der Waals surface area (Å²) in [5.41, 5.74) is 5.26. The van der Waals surface area contributed by atoms with Gasteiger partial charge < -0.3 is 0 Å². The molecule has 0 amide bonds. The van der Waals surface area contributed by atoms with Gasteiger partial charge in [0.1, 0.15) is 0 Å². The Morgan fingerprint density at radius 2 is 2.06 bits per heavy atom. The van der Waals surface area contributed by atoms with Crippen molar-refractivity contribution in [1.29, 1.82) is 0 Å². The molecule has 0 aliphatic heterocycles. The lowest BCUT2D eigenvalue weighted by molar-refractivity contribution is 0.331. The quantitative estimate of drug-likeness (QED) is 0.569. The average Bonchev–Trinajstić information content (AvgIpc) is 2.57. The van der Waals surface area contributed by atoms with Crippen LogP contribution < -0.4 is 11.3 Å². The first-order valence-electron chi connectivity index (χ1n) is 6.07. The number of nitrogens with two attached hydrogens (primary N) is 1. The Hall–Kier alpha value is -0.870. The van der Waals surface area contributed by atoms with E-state index in [1.165, 1.54) is 5.69 Å². The first-order valence-corrected chi connectivity index (χ1v) is 6.07. The SMILES string of the molecule is CCC(CC)C(Cc1cc(C)nn1C)NN. The van der Waals surface area contributed by atoms with Crippen LogP contribution in [0.15, 0.2) is 6.07 Å². The molecule has 0 spiro atoms. The number of rotatable bonds is 6. The number of hydrazine groups is 1. The fourth-order valence-electron chi connectivity index (χ4n) is 2.30. The Labute approximate surface area is 98.2 Å². The Balaban J connectivity index is 2.73. The fourth-order valence-corrected chi connectivity index (χ4v) is 2.30. The van der Waals surface area contributed by atoms with Crippen LogP contribution in [0.4, 0.5) is 0 Å². The van der Waals surface area contributed by atoms with E-state index < -0.39 is 0 Å². The smallest absolute Gasteiger partial charge is 0.0596 e. The maximum atomic E-state index is 5.65. The van der Waals surface area contributed by atoms with Gasteiger partial charge in [0.25, 0.3) is 0 Å². The molecule has 1 rings (SSSR count). The number of aryl methyl sites for hydroxylation is 2. The van der Waals surface area contributed by atoms with Crippen LogP contribution in [-0.2, 0) is 13.5 Å². The van der Waals surface area contributed by atoms with Crippen LogP contribution in [0.1, 0.15) is 38.1 Å². The van der Waals surface area contributed by atoms with Crippen LogP contribution in [0.5, 0.6) is 0 Å². The lowest BCUT2D eigenvalue weighted by atomic mass is 9.91. The molecule has 0 saturated heterocycles. The Bertz CT molecular complexity index is 315. The van der Waals surface area contributed by atoms with Crippen molar-refractivity contribution in [2.24, 2.45) is 18.8 Å². The Morgan fingerprint density at radius 3 is 2.44 bits per heavy atom. The largest absolute Gasteiger partial charge is 0.272 e. The van der Waals surface area contributed by atoms with Crippen LogP contribution in [0.3, 0.4) is 0 Å². The summed E-state index contributed by atoms with van der Waals surface area (Å²) < 4.78 is 1.95. The van der Waals surface area contributed by atoms with Crippen molar-refractivity contribution >= 4 is 0 Å². The predicted octanol–water partition coefficient (Wildman–Crippen LogP) is 1.54. The minimum Gasteiger partial charge on any atom is -0.272 e. The van der Waals surface area contributed by atoms with E-state index in [-0.39, 0.29) is 0 Å². The summed E-state index contributed by atoms with van der Waals surface area (Å²) in [4.78, 5) is 0. The molecule has 3 N–H and O–H groups in total. The summed E-state index contributed by atoms with van der Waals surface area (Å²) in [6.45, 7) is 6.45. The second kappa shape index (κ2) is 6.01. The van der Waals surface area contributed by atoms with E-state index >= 15 is 0 Å². The highest BCUT2D eigenvalue weighted by atomic mass is 15.3. The highest BCUT2D eigenvalue weighted by Gasteiger charge is 2.19. The summed E-state index contributed by atoms with van der Waals surface area (Å²) >= 11 is 0. The number of nitrogens with one attached hydrogen (secondary N) is 1. The van der Waals surface area contributed by atoms with Crippen molar-refractivity contribution in [2.75, 3.05) is 0 Å². The van der Waals surface area contributed by atoms with Crippen molar-refractivity contribution in [3.63, 3.8) is 0 Å². The number of aromatic nitrogens is 2. The predicted molar refractivity (Wildman–Crippen MR) is 66.8 cm³/mol. The third-order valence-corrected chi connectivity index (χ3v) is 3.36. The summed E-state index contributed by atoms with van der Waals surface area (Å²) in [6, 6.07) is 2.47. The molecule has 0 bridgehead atoms. The zero-order chi connectivity index (χ0) is 12.1. The molecule has 1 aromatic heterocycles. The molecule has 1 aromatic rings. The second-order valence-corrected chi connectivity index (χ2v) is 4.45. The third-order valence-electron chi connectivity index (χ3n) is 3.36. The second-order valence-electron chi connectivity index (χ2n) is 4.45. The van der Waals surface area contributed by atoms with Crippen LogP contribution >= 0.6 is 0 Å². The average molecular weight is 224 g/mol. The molecule has 4 nitrogen and oxygen atoms in total. The molecule has 0 saturated carbocycles. The molecule has 92 valence electrons. The van der Waals surface area contributed by atoms with Gasteiger partial charge in [0.15, 0.2) is 0 Å². The molecular formula is C12H24N4. The molecule has 0 aliphatic rings. The maximum Gasteiger partial charge on any atom is 0.0596 e. The molecule has 0 aliphatic carbocycles. The van der Waals surface area contributed by atoms with Gasteiger partial charge in [-0.3, -0.25) is 16.0 Å². The molecule has 16 heavy (non-hydrogen) atoms. The molecule has 0 aromatic carbocycles. The molecule has 0 fully saturated rings. The number of hydrogen-bond donors (Lipinski definition) is 2. The first kappa shape index (κ1) is 13.2. The zero-order valence-electron chi connectivity index (χ0n) is 10.8. The highest BCUT2D eigenvalue weighted by molar-refractivity contribution is 5.10. The van der Waals surface area contributed by atoms with Gasteiger partial charge in [0, 0.05) is 25.2 Å². The first-order chi connectivity index (χ1) is 7.62. The molecule has 1 heterocycles. The van der Waals surface area contributed by atoms with Crippen LogP contribution in [0, 0.1) is 12.8 Å². The van der Waals surface area contributed by atoms with Crippen molar-refractivity contribution in [3.8, 4) is 0 Å². The van der Waals surface area contributed by atoms with Gasteiger partial charge in [-0.25, -0.2) is 0 Å². The van der Waals surface area contributed by atoms with E-state index in [9.17, 15) is 0 Å². The molecule has 0 radical (unpaired) electrons. The van der Waals surface area contributed by atoms with E-state index in [1.807, 2.05) is 18.7 Å². The zero-order valence-corrected chi connectivity index (χ0v) is 10.8. The lowest BCUT2D eigenvalue weighted by Gasteiger charge is -2.24. The molecule has 1 atom stereocenters. The van der Waals surface area contributed by atoms with Gasteiger partial charge in [-0.15, -0.1) is 0 Å². The normalized spacial score (nSPS) is 13.4.